The largest absolute Gasteiger partial charge is 0.492 e. The van der Waals surface area contributed by atoms with E-state index in [0.29, 0.717) is 17.9 Å². The van der Waals surface area contributed by atoms with E-state index in [9.17, 15) is 4.79 Å². The smallest absolute Gasteiger partial charge is 0.163 e. The van der Waals surface area contributed by atoms with Crippen LogP contribution in [0.3, 0.4) is 0 Å². The van der Waals surface area contributed by atoms with Crippen LogP contribution in [-0.4, -0.2) is 17.7 Å². The number of rotatable bonds is 5. The zero-order valence-electron chi connectivity index (χ0n) is 12.5. The van der Waals surface area contributed by atoms with Gasteiger partial charge < -0.3 is 4.74 Å². The van der Waals surface area contributed by atoms with E-state index in [1.165, 1.54) is 38.5 Å². The van der Waals surface area contributed by atoms with Gasteiger partial charge in [-0.25, -0.2) is 0 Å². The second kappa shape index (κ2) is 7.77. The lowest BCUT2D eigenvalue weighted by Gasteiger charge is -2.31. The monoisotopic (exact) mass is 416 g/mol. The Morgan fingerprint density at radius 1 is 1.24 bits per heavy atom. The van der Waals surface area contributed by atoms with E-state index in [-0.39, 0.29) is 11.2 Å². The van der Waals surface area contributed by atoms with Gasteiger partial charge in [-0.1, -0.05) is 57.5 Å². The third-order valence-electron chi connectivity index (χ3n) is 4.30. The minimum atomic E-state index is 0.0417. The summed E-state index contributed by atoms with van der Waals surface area (Å²) in [7, 11) is 0. The van der Waals surface area contributed by atoms with E-state index in [1.807, 2.05) is 18.2 Å². The van der Waals surface area contributed by atoms with Gasteiger partial charge in [0.05, 0.1) is 12.2 Å². The predicted molar refractivity (Wildman–Crippen MR) is 93.6 cm³/mol. The molecule has 1 aliphatic rings. The maximum atomic E-state index is 11.8. The molecule has 0 atom stereocenters. The van der Waals surface area contributed by atoms with Crippen molar-refractivity contribution in [3.63, 3.8) is 0 Å². The number of Topliss-reactive ketones (excluding diaryl/α,β-unsaturated/α-hetero) is 1. The van der Waals surface area contributed by atoms with Crippen molar-refractivity contribution >= 4 is 37.6 Å². The lowest BCUT2D eigenvalue weighted by atomic mass is 9.83. The molecule has 0 spiro atoms. The van der Waals surface area contributed by atoms with Crippen LogP contribution in [0.5, 0.6) is 5.75 Å². The number of ether oxygens (including phenoxy) is 1. The number of alkyl halides is 1. The van der Waals surface area contributed by atoms with Gasteiger partial charge in [0.25, 0.3) is 0 Å². The first-order chi connectivity index (χ1) is 10.1. The quantitative estimate of drug-likeness (QED) is 0.345. The fraction of sp³-hybridized carbons (Fsp3) is 0.588. The molecule has 2 rings (SSSR count). The molecule has 0 bridgehead atoms. The Morgan fingerprint density at radius 3 is 2.48 bits per heavy atom. The van der Waals surface area contributed by atoms with Gasteiger partial charge in [-0.05, 0) is 38.0 Å². The van der Waals surface area contributed by atoms with Gasteiger partial charge in [-0.15, -0.1) is 0 Å². The van der Waals surface area contributed by atoms with Crippen LogP contribution in [0.2, 0.25) is 0 Å². The molecule has 0 aromatic heterocycles. The summed E-state index contributed by atoms with van der Waals surface area (Å²) in [4.78, 5) is 11.8. The molecule has 0 saturated heterocycles. The Hall–Kier alpha value is -0.350. The maximum absolute atomic E-state index is 11.8. The highest BCUT2D eigenvalue weighted by atomic mass is 79.9. The van der Waals surface area contributed by atoms with Crippen LogP contribution >= 0.6 is 31.9 Å². The Bertz CT molecular complexity index is 492. The molecule has 1 aromatic carbocycles. The van der Waals surface area contributed by atoms with E-state index in [1.54, 1.807) is 6.92 Å². The lowest BCUT2D eigenvalue weighted by Crippen LogP contribution is -2.30. The first-order valence-corrected chi connectivity index (χ1v) is 9.47. The fourth-order valence-corrected chi connectivity index (χ4v) is 4.01. The first-order valence-electron chi connectivity index (χ1n) is 7.56. The van der Waals surface area contributed by atoms with Crippen LogP contribution in [0.1, 0.15) is 55.8 Å². The Morgan fingerprint density at radius 2 is 1.90 bits per heavy atom. The molecule has 0 amide bonds. The highest BCUT2D eigenvalue weighted by molar-refractivity contribution is 9.10. The third-order valence-corrected chi connectivity index (χ3v) is 5.99. The summed E-state index contributed by atoms with van der Waals surface area (Å²) in [6.07, 6.45) is 7.59. The molecule has 0 radical (unpaired) electrons. The van der Waals surface area contributed by atoms with Crippen LogP contribution in [0.25, 0.3) is 0 Å². The summed E-state index contributed by atoms with van der Waals surface area (Å²) in [5.41, 5.74) is 0.861. The summed E-state index contributed by atoms with van der Waals surface area (Å²) in [5.74, 6) is 0.746. The molecule has 0 aliphatic heterocycles. The normalized spacial score (nSPS) is 18.0. The molecule has 0 unspecified atom stereocenters. The van der Waals surface area contributed by atoms with Gasteiger partial charge in [0.15, 0.2) is 5.78 Å². The summed E-state index contributed by atoms with van der Waals surface area (Å²) < 4.78 is 6.98. The van der Waals surface area contributed by atoms with Gasteiger partial charge >= 0.3 is 0 Å². The molecular weight excluding hydrogens is 396 g/mol. The van der Waals surface area contributed by atoms with Crippen molar-refractivity contribution in [2.45, 2.75) is 45.4 Å². The summed E-state index contributed by atoms with van der Waals surface area (Å²) >= 11 is 7.09. The summed E-state index contributed by atoms with van der Waals surface area (Å²) in [5, 5.41) is 0.964. The molecule has 1 fully saturated rings. The van der Waals surface area contributed by atoms with Gasteiger partial charge in [0.1, 0.15) is 5.75 Å². The van der Waals surface area contributed by atoms with Crippen LogP contribution in [-0.2, 0) is 0 Å². The number of carbonyl (C=O) groups excluding carboxylic acids is 1. The number of halogens is 2. The van der Waals surface area contributed by atoms with E-state index >= 15 is 0 Å². The molecule has 4 heteroatoms. The van der Waals surface area contributed by atoms with Crippen LogP contribution in [0, 0.1) is 5.41 Å². The topological polar surface area (TPSA) is 26.3 Å². The van der Waals surface area contributed by atoms with E-state index in [4.69, 9.17) is 4.74 Å². The van der Waals surface area contributed by atoms with Crippen LogP contribution in [0.4, 0.5) is 0 Å². The molecular formula is C17H22Br2O2. The van der Waals surface area contributed by atoms with Crippen LogP contribution < -0.4 is 4.74 Å². The number of hydrogen-bond acceptors (Lipinski definition) is 2. The molecule has 21 heavy (non-hydrogen) atoms. The standard InChI is InChI=1S/C17H22Br2O2/c1-13(20)15-10-14(19)6-7-16(15)21-12-17(11-18)8-4-2-3-5-9-17/h6-7,10H,2-5,8-9,11-12H2,1H3. The zero-order valence-corrected chi connectivity index (χ0v) is 15.6. The SMILES string of the molecule is CC(=O)c1cc(Br)ccc1OCC1(CBr)CCCCCC1. The second-order valence-corrected chi connectivity index (χ2v) is 7.51. The van der Waals surface area contributed by atoms with Gasteiger partial charge in [-0.3, -0.25) is 4.79 Å². The lowest BCUT2D eigenvalue weighted by molar-refractivity contribution is 0.100. The number of carbonyl (C=O) groups is 1. The molecule has 2 nitrogen and oxygen atoms in total. The third kappa shape index (κ3) is 4.56. The highest BCUT2D eigenvalue weighted by Gasteiger charge is 2.31. The minimum Gasteiger partial charge on any atom is -0.492 e. The van der Waals surface area contributed by atoms with Crippen molar-refractivity contribution in [3.8, 4) is 5.75 Å². The fourth-order valence-electron chi connectivity index (χ4n) is 2.93. The van der Waals surface area contributed by atoms with Crippen LogP contribution in [0.15, 0.2) is 22.7 Å². The highest BCUT2D eigenvalue weighted by Crippen LogP contribution is 2.37. The van der Waals surface area contributed by atoms with Crippen molar-refractivity contribution in [3.05, 3.63) is 28.2 Å². The first kappa shape index (κ1) is 17.0. The summed E-state index contributed by atoms with van der Waals surface area (Å²) in [6, 6.07) is 5.65. The van der Waals surface area contributed by atoms with E-state index in [2.05, 4.69) is 31.9 Å². The van der Waals surface area contributed by atoms with Gasteiger partial charge in [0.2, 0.25) is 0 Å². The Labute approximate surface area is 143 Å². The van der Waals surface area contributed by atoms with E-state index < -0.39 is 0 Å². The van der Waals surface area contributed by atoms with Crippen molar-refractivity contribution in [1.82, 2.24) is 0 Å². The molecule has 1 aromatic rings. The maximum Gasteiger partial charge on any atom is 0.163 e. The Kier molecular flexibility index (Phi) is 6.30. The van der Waals surface area contributed by atoms with Crippen molar-refractivity contribution in [1.29, 1.82) is 0 Å². The zero-order chi connectivity index (χ0) is 15.3. The average Bonchev–Trinajstić information content (AvgIpc) is 2.72. The number of benzene rings is 1. The van der Waals surface area contributed by atoms with Crippen molar-refractivity contribution in [2.75, 3.05) is 11.9 Å². The van der Waals surface area contributed by atoms with Crippen molar-refractivity contribution < 1.29 is 9.53 Å². The summed E-state index contributed by atoms with van der Waals surface area (Å²) in [6.45, 7) is 2.26. The average molecular weight is 418 g/mol. The predicted octanol–water partition coefficient (Wildman–Crippen LogP) is 5.77. The number of ketones is 1. The van der Waals surface area contributed by atoms with Gasteiger partial charge in [-0.2, -0.15) is 0 Å². The molecule has 1 aliphatic carbocycles. The molecule has 1 saturated carbocycles. The minimum absolute atomic E-state index is 0.0417. The van der Waals surface area contributed by atoms with Gasteiger partial charge in [0, 0.05) is 15.2 Å². The Balaban J connectivity index is 2.12. The van der Waals surface area contributed by atoms with Crippen molar-refractivity contribution in [2.24, 2.45) is 5.41 Å². The molecule has 116 valence electrons. The molecule has 0 heterocycles. The van der Waals surface area contributed by atoms with E-state index in [0.717, 1.165) is 9.80 Å². The second-order valence-electron chi connectivity index (χ2n) is 6.03. The molecule has 0 N–H and O–H groups in total. The number of hydrogen-bond donors (Lipinski definition) is 0.